The van der Waals surface area contributed by atoms with E-state index in [0.717, 1.165) is 5.56 Å². The first kappa shape index (κ1) is 8.01. The van der Waals surface area contributed by atoms with E-state index >= 15 is 0 Å². The van der Waals surface area contributed by atoms with Crippen molar-refractivity contribution in [3.05, 3.63) is 42.5 Å². The normalized spacial score (nSPS) is 10.2. The van der Waals surface area contributed by atoms with E-state index in [4.69, 9.17) is 4.42 Å². The first-order chi connectivity index (χ1) is 6.40. The molecule has 0 aliphatic heterocycles. The Balaban J connectivity index is 2.36. The minimum atomic E-state index is -0.410. The molecule has 0 N–H and O–H groups in total. The van der Waals surface area contributed by atoms with Crippen LogP contribution < -0.4 is 0 Å². The van der Waals surface area contributed by atoms with Gasteiger partial charge in [0, 0.05) is 5.56 Å². The molecule has 1 aromatic carbocycles. The monoisotopic (exact) mass is 174 g/mol. The molecule has 2 rings (SSSR count). The molecule has 0 aliphatic rings. The molecule has 1 radical (unpaired) electrons. The summed E-state index contributed by atoms with van der Waals surface area (Å²) < 4.78 is 4.94. The second-order valence-corrected chi connectivity index (χ2v) is 2.64. The van der Waals surface area contributed by atoms with Gasteiger partial charge in [-0.15, -0.1) is 0 Å². The zero-order valence-corrected chi connectivity index (χ0v) is 6.93. The summed E-state index contributed by atoms with van der Waals surface area (Å²) in [5.74, 6) is 0.235. The van der Waals surface area contributed by atoms with Gasteiger partial charge in [0.25, 0.3) is 0 Å². The fourth-order valence-electron chi connectivity index (χ4n) is 1.12. The average Bonchev–Trinajstić information content (AvgIpc) is 2.67. The molecule has 0 spiro atoms. The highest BCUT2D eigenvalue weighted by molar-refractivity contribution is 5.57. The molecule has 0 saturated carbocycles. The zero-order chi connectivity index (χ0) is 9.10. The Morgan fingerprint density at radius 2 is 2.00 bits per heavy atom. The number of oxazole rings is 1. The van der Waals surface area contributed by atoms with E-state index in [1.165, 1.54) is 6.26 Å². The lowest BCUT2D eigenvalue weighted by atomic mass is 10.2. The van der Waals surface area contributed by atoms with E-state index < -0.39 is 6.61 Å². The zero-order valence-electron chi connectivity index (χ0n) is 6.93. The third kappa shape index (κ3) is 1.60. The van der Waals surface area contributed by atoms with Crippen LogP contribution in [0.5, 0.6) is 0 Å². The summed E-state index contributed by atoms with van der Waals surface area (Å²) in [5, 5.41) is 10.4. The molecule has 0 bridgehead atoms. The van der Waals surface area contributed by atoms with Crippen LogP contribution in [0.2, 0.25) is 0 Å². The molecular weight excluding hydrogens is 166 g/mol. The Bertz CT molecular complexity index is 381. The Labute approximate surface area is 75.7 Å². The van der Waals surface area contributed by atoms with Gasteiger partial charge >= 0.3 is 0 Å². The topological polar surface area (TPSA) is 45.9 Å². The van der Waals surface area contributed by atoms with Crippen LogP contribution in [0.4, 0.5) is 0 Å². The van der Waals surface area contributed by atoms with E-state index in [1.54, 1.807) is 0 Å². The van der Waals surface area contributed by atoms with Crippen molar-refractivity contribution in [1.82, 2.24) is 4.98 Å². The van der Waals surface area contributed by atoms with Gasteiger partial charge in [-0.25, -0.2) is 10.1 Å². The molecule has 13 heavy (non-hydrogen) atoms. The lowest BCUT2D eigenvalue weighted by Gasteiger charge is -1.91. The third-order valence-electron chi connectivity index (χ3n) is 1.74. The largest absolute Gasteiger partial charge is 0.446 e. The van der Waals surface area contributed by atoms with Crippen LogP contribution in [0.3, 0.4) is 0 Å². The van der Waals surface area contributed by atoms with E-state index in [-0.39, 0.29) is 5.89 Å². The molecule has 2 aromatic rings. The van der Waals surface area contributed by atoms with Gasteiger partial charge in [0.15, 0.2) is 6.61 Å². The molecule has 65 valence electrons. The molecule has 1 heterocycles. The fourth-order valence-corrected chi connectivity index (χ4v) is 1.12. The van der Waals surface area contributed by atoms with Crippen molar-refractivity contribution in [2.24, 2.45) is 0 Å². The van der Waals surface area contributed by atoms with Crippen LogP contribution in [0.25, 0.3) is 11.3 Å². The van der Waals surface area contributed by atoms with Crippen molar-refractivity contribution in [3.63, 3.8) is 0 Å². The standard InChI is InChI=1S/C10H8NO2/c12-6-10-11-9(7-13-10)8-4-2-1-3-5-8/h1-5,7H,6H2. The quantitative estimate of drug-likeness (QED) is 0.701. The predicted octanol–water partition coefficient (Wildman–Crippen LogP) is 2.27. The van der Waals surface area contributed by atoms with Crippen molar-refractivity contribution in [3.8, 4) is 11.3 Å². The van der Waals surface area contributed by atoms with Crippen molar-refractivity contribution < 1.29 is 9.52 Å². The fraction of sp³-hybridized carbons (Fsp3) is 0.100. The Morgan fingerprint density at radius 1 is 1.23 bits per heavy atom. The van der Waals surface area contributed by atoms with Crippen LogP contribution in [-0.2, 0) is 11.7 Å². The predicted molar refractivity (Wildman–Crippen MR) is 46.3 cm³/mol. The van der Waals surface area contributed by atoms with E-state index in [0.29, 0.717) is 5.69 Å². The third-order valence-corrected chi connectivity index (χ3v) is 1.74. The van der Waals surface area contributed by atoms with E-state index in [2.05, 4.69) is 4.98 Å². The van der Waals surface area contributed by atoms with Gasteiger partial charge in [-0.2, -0.15) is 0 Å². The Morgan fingerprint density at radius 3 is 2.62 bits per heavy atom. The summed E-state index contributed by atoms with van der Waals surface area (Å²) in [6.07, 6.45) is 1.50. The summed E-state index contributed by atoms with van der Waals surface area (Å²) in [7, 11) is 0. The summed E-state index contributed by atoms with van der Waals surface area (Å²) >= 11 is 0. The first-order valence-electron chi connectivity index (χ1n) is 3.98. The Hall–Kier alpha value is -1.61. The Kier molecular flexibility index (Phi) is 2.10. The molecular formula is C10H8NO2. The SMILES string of the molecule is [O]Cc1nc(-c2ccccc2)co1. The number of rotatable bonds is 2. The molecule has 0 unspecified atom stereocenters. The van der Waals surface area contributed by atoms with Crippen LogP contribution in [0.1, 0.15) is 5.89 Å². The molecule has 0 fully saturated rings. The first-order valence-corrected chi connectivity index (χ1v) is 3.98. The average molecular weight is 174 g/mol. The van der Waals surface area contributed by atoms with Gasteiger partial charge in [0.2, 0.25) is 5.89 Å². The summed E-state index contributed by atoms with van der Waals surface area (Å²) in [6, 6.07) is 9.61. The van der Waals surface area contributed by atoms with Crippen LogP contribution in [-0.4, -0.2) is 4.98 Å². The van der Waals surface area contributed by atoms with Gasteiger partial charge in [-0.1, -0.05) is 30.3 Å². The molecule has 0 amide bonds. The number of aromatic nitrogens is 1. The number of hydrogen-bond donors (Lipinski definition) is 0. The molecule has 1 aromatic heterocycles. The van der Waals surface area contributed by atoms with Gasteiger partial charge < -0.3 is 4.42 Å². The highest BCUT2D eigenvalue weighted by Gasteiger charge is 2.03. The smallest absolute Gasteiger partial charge is 0.223 e. The van der Waals surface area contributed by atoms with E-state index in [1.807, 2.05) is 30.3 Å². The molecule has 0 aliphatic carbocycles. The highest BCUT2D eigenvalue weighted by atomic mass is 16.4. The molecule has 3 nitrogen and oxygen atoms in total. The molecule has 0 atom stereocenters. The van der Waals surface area contributed by atoms with Gasteiger partial charge in [0.05, 0.1) is 0 Å². The lowest BCUT2D eigenvalue weighted by Crippen LogP contribution is -1.81. The second kappa shape index (κ2) is 3.41. The summed E-state index contributed by atoms with van der Waals surface area (Å²) in [5.41, 5.74) is 1.68. The van der Waals surface area contributed by atoms with Crippen LogP contribution >= 0.6 is 0 Å². The summed E-state index contributed by atoms with van der Waals surface area (Å²) in [4.78, 5) is 4.02. The number of nitrogens with zero attached hydrogens (tertiary/aromatic N) is 1. The molecule has 3 heteroatoms. The van der Waals surface area contributed by atoms with E-state index in [9.17, 15) is 5.11 Å². The maximum absolute atomic E-state index is 10.4. The van der Waals surface area contributed by atoms with Gasteiger partial charge in [0.1, 0.15) is 12.0 Å². The van der Waals surface area contributed by atoms with Crippen molar-refractivity contribution >= 4 is 0 Å². The second-order valence-electron chi connectivity index (χ2n) is 2.64. The van der Waals surface area contributed by atoms with Gasteiger partial charge in [-0.05, 0) is 0 Å². The highest BCUT2D eigenvalue weighted by Crippen LogP contribution is 2.17. The minimum Gasteiger partial charge on any atom is -0.446 e. The van der Waals surface area contributed by atoms with Crippen LogP contribution in [0, 0.1) is 0 Å². The number of benzene rings is 1. The van der Waals surface area contributed by atoms with Crippen molar-refractivity contribution in [2.45, 2.75) is 6.61 Å². The molecule has 0 saturated heterocycles. The van der Waals surface area contributed by atoms with Crippen LogP contribution in [0.15, 0.2) is 41.0 Å². The van der Waals surface area contributed by atoms with Crippen molar-refractivity contribution in [2.75, 3.05) is 0 Å². The maximum Gasteiger partial charge on any atom is 0.223 e. The van der Waals surface area contributed by atoms with Crippen molar-refractivity contribution in [1.29, 1.82) is 0 Å². The maximum atomic E-state index is 10.4. The summed E-state index contributed by atoms with van der Waals surface area (Å²) in [6.45, 7) is -0.410. The minimum absolute atomic E-state index is 0.235. The lowest BCUT2D eigenvalue weighted by molar-refractivity contribution is 0.150. The number of hydrogen-bond acceptors (Lipinski definition) is 2. The van der Waals surface area contributed by atoms with Gasteiger partial charge in [-0.3, -0.25) is 0 Å².